The van der Waals surface area contributed by atoms with E-state index in [-0.39, 0.29) is 23.7 Å². The van der Waals surface area contributed by atoms with Crippen LogP contribution in [0, 0.1) is 0 Å². The number of hydrogen-bond acceptors (Lipinski definition) is 7. The van der Waals surface area contributed by atoms with Gasteiger partial charge in [0.25, 0.3) is 0 Å². The third kappa shape index (κ3) is 1.89. The van der Waals surface area contributed by atoms with Crippen molar-refractivity contribution in [3.8, 4) is 0 Å². The van der Waals surface area contributed by atoms with Crippen LogP contribution in [0.5, 0.6) is 0 Å². The van der Waals surface area contributed by atoms with Crippen LogP contribution < -0.4 is 0 Å². The molecule has 0 saturated carbocycles. The standard InChI is InChI=1S/C7H8O5S2/c8-5(3-1-9-6(13)11-3)4-2-10-7(14)12-4/h3-5,8H,1-2H2/t3-,4-/m1/s1. The minimum atomic E-state index is -0.851. The minimum absolute atomic E-state index is 0.0514. The summed E-state index contributed by atoms with van der Waals surface area (Å²) in [5, 5.41) is 9.86. The molecular weight excluding hydrogens is 228 g/mol. The molecule has 0 spiro atoms. The van der Waals surface area contributed by atoms with E-state index in [1.165, 1.54) is 0 Å². The van der Waals surface area contributed by atoms with Gasteiger partial charge in [0, 0.05) is 24.4 Å². The fourth-order valence-corrected chi connectivity index (χ4v) is 1.64. The second-order valence-electron chi connectivity index (χ2n) is 2.93. The summed E-state index contributed by atoms with van der Waals surface area (Å²) in [6.45, 7) is 0.458. The topological polar surface area (TPSA) is 57.2 Å². The van der Waals surface area contributed by atoms with E-state index in [9.17, 15) is 5.11 Å². The molecule has 5 nitrogen and oxygen atoms in total. The van der Waals surface area contributed by atoms with E-state index in [2.05, 4.69) is 24.4 Å². The maximum absolute atomic E-state index is 9.76. The van der Waals surface area contributed by atoms with Gasteiger partial charge >= 0.3 is 10.5 Å². The van der Waals surface area contributed by atoms with Crippen molar-refractivity contribution in [2.45, 2.75) is 18.3 Å². The second-order valence-corrected chi connectivity index (χ2v) is 3.59. The van der Waals surface area contributed by atoms with Gasteiger partial charge in [0.2, 0.25) is 0 Å². The number of thiocarbonyl (C=S) groups is 2. The number of ether oxygens (including phenoxy) is 4. The molecule has 2 aliphatic heterocycles. The molecule has 0 bridgehead atoms. The Balaban J connectivity index is 1.91. The Morgan fingerprint density at radius 2 is 1.50 bits per heavy atom. The Morgan fingerprint density at radius 3 is 1.79 bits per heavy atom. The zero-order chi connectivity index (χ0) is 10.1. The van der Waals surface area contributed by atoms with Gasteiger partial charge in [-0.05, 0) is 0 Å². The molecule has 2 fully saturated rings. The van der Waals surface area contributed by atoms with E-state index < -0.39 is 18.3 Å². The maximum Gasteiger partial charge on any atom is 0.352 e. The van der Waals surface area contributed by atoms with E-state index in [1.54, 1.807) is 0 Å². The number of rotatable bonds is 2. The maximum atomic E-state index is 9.76. The summed E-state index contributed by atoms with van der Waals surface area (Å²) in [5.41, 5.74) is 0. The SMILES string of the molecule is OC([C@H]1COC(=S)O1)[C@H]1COC(=S)O1. The average Bonchev–Trinajstić information content (AvgIpc) is 2.73. The fourth-order valence-electron chi connectivity index (χ4n) is 1.26. The molecule has 0 aliphatic carbocycles. The van der Waals surface area contributed by atoms with E-state index >= 15 is 0 Å². The Kier molecular flexibility index (Phi) is 2.71. The summed E-state index contributed by atoms with van der Waals surface area (Å²) in [7, 11) is 0. The van der Waals surface area contributed by atoms with Gasteiger partial charge in [-0.3, -0.25) is 0 Å². The molecule has 0 aromatic carbocycles. The van der Waals surface area contributed by atoms with Crippen LogP contribution in [0.15, 0.2) is 0 Å². The van der Waals surface area contributed by atoms with Gasteiger partial charge in [0.05, 0.1) is 0 Å². The molecule has 0 unspecified atom stereocenters. The molecule has 1 N–H and O–H groups in total. The Hall–Kier alpha value is -0.660. The van der Waals surface area contributed by atoms with Crippen LogP contribution in [0.3, 0.4) is 0 Å². The smallest absolute Gasteiger partial charge is 0.352 e. The zero-order valence-electron chi connectivity index (χ0n) is 7.04. The Labute approximate surface area is 90.9 Å². The Bertz CT molecular complexity index is 243. The molecule has 7 heteroatoms. The number of aliphatic hydroxyl groups is 1. The lowest BCUT2D eigenvalue weighted by molar-refractivity contribution is -0.0265. The molecule has 2 rings (SSSR count). The fraction of sp³-hybridized carbons (Fsp3) is 0.714. The highest BCUT2D eigenvalue weighted by Gasteiger charge is 2.39. The highest BCUT2D eigenvalue weighted by atomic mass is 32.1. The molecule has 2 atom stereocenters. The van der Waals surface area contributed by atoms with Crippen LogP contribution in [0.2, 0.25) is 0 Å². The second kappa shape index (κ2) is 3.84. The first kappa shape index (κ1) is 9.88. The first-order chi connectivity index (χ1) is 6.66. The summed E-state index contributed by atoms with van der Waals surface area (Å²) in [4.78, 5) is 0. The molecular formula is C7H8O5S2. The van der Waals surface area contributed by atoms with Crippen molar-refractivity contribution in [3.63, 3.8) is 0 Å². The van der Waals surface area contributed by atoms with Crippen molar-refractivity contribution in [2.24, 2.45) is 0 Å². The Morgan fingerprint density at radius 1 is 1.07 bits per heavy atom. The normalized spacial score (nSPS) is 31.0. The van der Waals surface area contributed by atoms with Crippen LogP contribution >= 0.6 is 24.4 Å². The molecule has 2 aliphatic rings. The van der Waals surface area contributed by atoms with E-state index in [0.29, 0.717) is 0 Å². The third-order valence-corrected chi connectivity index (χ3v) is 2.42. The van der Waals surface area contributed by atoms with Crippen LogP contribution in [0.1, 0.15) is 0 Å². The zero-order valence-corrected chi connectivity index (χ0v) is 8.68. The van der Waals surface area contributed by atoms with E-state index in [4.69, 9.17) is 18.9 Å². The van der Waals surface area contributed by atoms with Gasteiger partial charge in [-0.1, -0.05) is 0 Å². The quantitative estimate of drug-likeness (QED) is 0.663. The molecule has 0 aromatic heterocycles. The highest BCUT2D eigenvalue weighted by Crippen LogP contribution is 2.18. The van der Waals surface area contributed by atoms with Gasteiger partial charge < -0.3 is 24.1 Å². The first-order valence-corrected chi connectivity index (χ1v) is 4.83. The van der Waals surface area contributed by atoms with E-state index in [0.717, 1.165) is 0 Å². The predicted octanol–water partition coefficient (Wildman–Crippen LogP) is -0.252. The van der Waals surface area contributed by atoms with Crippen molar-refractivity contribution in [3.05, 3.63) is 0 Å². The van der Waals surface area contributed by atoms with Gasteiger partial charge in [0.1, 0.15) is 19.3 Å². The van der Waals surface area contributed by atoms with Gasteiger partial charge in [-0.2, -0.15) is 0 Å². The molecule has 2 heterocycles. The van der Waals surface area contributed by atoms with Gasteiger partial charge in [0.15, 0.2) is 12.2 Å². The van der Waals surface area contributed by atoms with Gasteiger partial charge in [-0.25, -0.2) is 0 Å². The monoisotopic (exact) mass is 236 g/mol. The predicted molar refractivity (Wildman–Crippen MR) is 52.9 cm³/mol. The largest absolute Gasteiger partial charge is 0.453 e. The lowest BCUT2D eigenvalue weighted by Gasteiger charge is -2.18. The molecule has 0 amide bonds. The molecule has 78 valence electrons. The third-order valence-electron chi connectivity index (χ3n) is 1.99. The van der Waals surface area contributed by atoms with Crippen LogP contribution in [0.4, 0.5) is 0 Å². The molecule has 2 saturated heterocycles. The molecule has 0 radical (unpaired) electrons. The van der Waals surface area contributed by atoms with Crippen molar-refractivity contribution < 1.29 is 24.1 Å². The van der Waals surface area contributed by atoms with Crippen molar-refractivity contribution in [1.29, 1.82) is 0 Å². The summed E-state index contributed by atoms with van der Waals surface area (Å²) < 4.78 is 19.9. The highest BCUT2D eigenvalue weighted by molar-refractivity contribution is 7.80. The van der Waals surface area contributed by atoms with E-state index in [1.807, 2.05) is 0 Å². The minimum Gasteiger partial charge on any atom is -0.453 e. The number of aliphatic hydroxyl groups excluding tert-OH is 1. The first-order valence-electron chi connectivity index (χ1n) is 4.01. The van der Waals surface area contributed by atoms with Crippen LogP contribution in [-0.2, 0) is 18.9 Å². The van der Waals surface area contributed by atoms with Crippen molar-refractivity contribution in [1.82, 2.24) is 0 Å². The summed E-state index contributed by atoms with van der Waals surface area (Å²) in [6.07, 6.45) is -1.86. The van der Waals surface area contributed by atoms with Crippen LogP contribution in [-0.4, -0.2) is 47.1 Å². The summed E-state index contributed by atoms with van der Waals surface area (Å²) in [6, 6.07) is 0. The van der Waals surface area contributed by atoms with Crippen LogP contribution in [0.25, 0.3) is 0 Å². The molecule has 0 aromatic rings. The number of hydrogen-bond donors (Lipinski definition) is 1. The van der Waals surface area contributed by atoms with Gasteiger partial charge in [-0.15, -0.1) is 0 Å². The lowest BCUT2D eigenvalue weighted by atomic mass is 10.1. The van der Waals surface area contributed by atoms with Crippen molar-refractivity contribution >= 4 is 34.9 Å². The summed E-state index contributed by atoms with van der Waals surface area (Å²) in [5.74, 6) is 0. The summed E-state index contributed by atoms with van der Waals surface area (Å²) >= 11 is 9.32. The lowest BCUT2D eigenvalue weighted by Crippen LogP contribution is -2.40. The molecule has 14 heavy (non-hydrogen) atoms. The van der Waals surface area contributed by atoms with Crippen molar-refractivity contribution in [2.75, 3.05) is 13.2 Å². The average molecular weight is 236 g/mol.